The van der Waals surface area contributed by atoms with Crippen molar-refractivity contribution in [3.05, 3.63) is 34.4 Å². The van der Waals surface area contributed by atoms with Crippen LogP contribution in [-0.2, 0) is 18.8 Å². The molecule has 1 N–H and O–H groups in total. The molecule has 19 heavy (non-hydrogen) atoms. The van der Waals surface area contributed by atoms with Crippen LogP contribution >= 0.6 is 0 Å². The number of aromatic carboxylic acids is 1. The van der Waals surface area contributed by atoms with Crippen molar-refractivity contribution >= 4 is 5.97 Å². The highest BCUT2D eigenvalue weighted by molar-refractivity contribution is 5.90. The van der Waals surface area contributed by atoms with E-state index in [0.29, 0.717) is 12.1 Å². The largest absolute Gasteiger partial charge is 0.478 e. The van der Waals surface area contributed by atoms with Crippen molar-refractivity contribution in [2.24, 2.45) is 0 Å². The van der Waals surface area contributed by atoms with E-state index < -0.39 is 47.0 Å². The molecular weight excluding hydrogens is 278 g/mol. The zero-order valence-corrected chi connectivity index (χ0v) is 9.49. The van der Waals surface area contributed by atoms with Crippen molar-refractivity contribution in [1.29, 1.82) is 0 Å². The van der Waals surface area contributed by atoms with Gasteiger partial charge < -0.3 is 5.11 Å². The Morgan fingerprint density at radius 1 is 1.11 bits per heavy atom. The monoisotopic (exact) mass is 286 g/mol. The fourth-order valence-corrected chi connectivity index (χ4v) is 1.78. The van der Waals surface area contributed by atoms with E-state index in [4.69, 9.17) is 5.11 Å². The van der Waals surface area contributed by atoms with Crippen molar-refractivity contribution in [2.45, 2.75) is 25.7 Å². The van der Waals surface area contributed by atoms with Gasteiger partial charge in [-0.2, -0.15) is 26.3 Å². The molecule has 0 heterocycles. The van der Waals surface area contributed by atoms with E-state index in [1.165, 1.54) is 0 Å². The zero-order valence-electron chi connectivity index (χ0n) is 9.49. The van der Waals surface area contributed by atoms with Crippen LogP contribution in [0.1, 0.15) is 34.0 Å². The number of rotatable bonds is 2. The van der Waals surface area contributed by atoms with Gasteiger partial charge in [0.15, 0.2) is 0 Å². The van der Waals surface area contributed by atoms with E-state index >= 15 is 0 Å². The van der Waals surface area contributed by atoms with Gasteiger partial charge >= 0.3 is 18.3 Å². The molecule has 0 aliphatic rings. The summed E-state index contributed by atoms with van der Waals surface area (Å²) < 4.78 is 76.2. The Bertz CT molecular complexity index is 501. The number of hydrogen-bond donors (Lipinski definition) is 1. The maximum absolute atomic E-state index is 12.8. The third kappa shape index (κ3) is 2.99. The van der Waals surface area contributed by atoms with Crippen molar-refractivity contribution in [3.63, 3.8) is 0 Å². The van der Waals surface area contributed by atoms with Crippen molar-refractivity contribution in [2.75, 3.05) is 0 Å². The molecule has 1 aromatic rings. The summed E-state index contributed by atoms with van der Waals surface area (Å²) in [6.45, 7) is 1.10. The van der Waals surface area contributed by atoms with Crippen LogP contribution < -0.4 is 0 Å². The van der Waals surface area contributed by atoms with Crippen LogP contribution in [0.2, 0.25) is 0 Å². The second-order valence-corrected chi connectivity index (χ2v) is 3.67. The third-order valence-corrected chi connectivity index (χ3v) is 2.49. The summed E-state index contributed by atoms with van der Waals surface area (Å²) in [7, 11) is 0. The van der Waals surface area contributed by atoms with Crippen molar-refractivity contribution in [3.8, 4) is 0 Å². The smallest absolute Gasteiger partial charge is 0.417 e. The molecule has 0 amide bonds. The first-order valence-electron chi connectivity index (χ1n) is 5.03. The zero-order chi connectivity index (χ0) is 15.0. The van der Waals surface area contributed by atoms with Crippen LogP contribution in [0.15, 0.2) is 12.1 Å². The number of alkyl halides is 6. The highest BCUT2D eigenvalue weighted by Crippen LogP contribution is 2.41. The van der Waals surface area contributed by atoms with E-state index in [1.807, 2.05) is 0 Å². The number of carboxylic acids is 1. The topological polar surface area (TPSA) is 37.3 Å². The van der Waals surface area contributed by atoms with Crippen LogP contribution in [0.25, 0.3) is 0 Å². The first-order chi connectivity index (χ1) is 8.50. The molecule has 106 valence electrons. The van der Waals surface area contributed by atoms with E-state index in [1.54, 1.807) is 0 Å². The molecule has 8 heteroatoms. The van der Waals surface area contributed by atoms with E-state index in [-0.39, 0.29) is 0 Å². The molecule has 0 aliphatic carbocycles. The summed E-state index contributed by atoms with van der Waals surface area (Å²) >= 11 is 0. The first-order valence-corrected chi connectivity index (χ1v) is 5.03. The van der Waals surface area contributed by atoms with E-state index in [0.717, 1.165) is 6.92 Å². The summed E-state index contributed by atoms with van der Waals surface area (Å²) in [6.07, 6.45) is -10.7. The summed E-state index contributed by atoms with van der Waals surface area (Å²) in [5, 5.41) is 8.66. The Morgan fingerprint density at radius 2 is 1.63 bits per heavy atom. The second-order valence-electron chi connectivity index (χ2n) is 3.67. The number of benzene rings is 1. The van der Waals surface area contributed by atoms with E-state index in [2.05, 4.69) is 0 Å². The fraction of sp³-hybridized carbons (Fsp3) is 0.364. The predicted molar refractivity (Wildman–Crippen MR) is 52.8 cm³/mol. The summed E-state index contributed by atoms with van der Waals surface area (Å²) in [6, 6.07) is 0.685. The lowest BCUT2D eigenvalue weighted by Crippen LogP contribution is -2.20. The molecule has 0 aromatic heterocycles. The average molecular weight is 286 g/mol. The van der Waals surface area contributed by atoms with E-state index in [9.17, 15) is 31.1 Å². The molecule has 2 nitrogen and oxygen atoms in total. The van der Waals surface area contributed by atoms with Gasteiger partial charge in [0, 0.05) is 0 Å². The lowest BCUT2D eigenvalue weighted by Gasteiger charge is -2.19. The van der Waals surface area contributed by atoms with Crippen LogP contribution in [0.5, 0.6) is 0 Å². The van der Waals surface area contributed by atoms with Crippen molar-refractivity contribution < 1.29 is 36.2 Å². The molecule has 1 rings (SSSR count). The molecule has 0 unspecified atom stereocenters. The SMILES string of the molecule is CCc1c(C(F)(F)F)ccc(C(=O)O)c1C(F)(F)F. The Hall–Kier alpha value is -1.73. The second kappa shape index (κ2) is 4.75. The molecule has 0 radical (unpaired) electrons. The van der Waals surface area contributed by atoms with Gasteiger partial charge in [0.25, 0.3) is 0 Å². The van der Waals surface area contributed by atoms with Gasteiger partial charge in [-0.1, -0.05) is 6.92 Å². The van der Waals surface area contributed by atoms with Gasteiger partial charge in [0.05, 0.1) is 16.7 Å². The minimum atomic E-state index is -5.17. The van der Waals surface area contributed by atoms with Crippen LogP contribution in [0, 0.1) is 0 Å². The number of carbonyl (C=O) groups is 1. The fourth-order valence-electron chi connectivity index (χ4n) is 1.78. The van der Waals surface area contributed by atoms with Gasteiger partial charge in [0.2, 0.25) is 0 Å². The van der Waals surface area contributed by atoms with Crippen LogP contribution in [0.3, 0.4) is 0 Å². The number of carboxylic acid groups (broad SMARTS) is 1. The van der Waals surface area contributed by atoms with Gasteiger partial charge in [0.1, 0.15) is 0 Å². The number of hydrogen-bond acceptors (Lipinski definition) is 1. The third-order valence-electron chi connectivity index (χ3n) is 2.49. The van der Waals surface area contributed by atoms with Gasteiger partial charge in [-0.05, 0) is 24.1 Å². The molecule has 0 fully saturated rings. The lowest BCUT2D eigenvalue weighted by molar-refractivity contribution is -0.144. The molecule has 0 atom stereocenters. The lowest BCUT2D eigenvalue weighted by atomic mass is 9.93. The Kier molecular flexibility index (Phi) is 3.83. The summed E-state index contributed by atoms with van der Waals surface area (Å²) in [5.41, 5.74) is -5.44. The molecule has 0 aliphatic heterocycles. The highest BCUT2D eigenvalue weighted by Gasteiger charge is 2.43. The Morgan fingerprint density at radius 3 is 1.95 bits per heavy atom. The first kappa shape index (κ1) is 15.3. The maximum Gasteiger partial charge on any atom is 0.417 e. The molecule has 0 saturated heterocycles. The summed E-state index contributed by atoms with van der Waals surface area (Å²) in [5.74, 6) is -1.92. The molecule has 1 aromatic carbocycles. The van der Waals surface area contributed by atoms with Crippen LogP contribution in [-0.4, -0.2) is 11.1 Å². The minimum absolute atomic E-state index is 0.327. The molecular formula is C11H8F6O2. The highest BCUT2D eigenvalue weighted by atomic mass is 19.4. The van der Waals surface area contributed by atoms with Gasteiger partial charge in [-0.3, -0.25) is 0 Å². The predicted octanol–water partition coefficient (Wildman–Crippen LogP) is 3.98. The number of halogens is 6. The van der Waals surface area contributed by atoms with Crippen molar-refractivity contribution in [1.82, 2.24) is 0 Å². The van der Waals surface area contributed by atoms with Gasteiger partial charge in [-0.25, -0.2) is 4.79 Å². The van der Waals surface area contributed by atoms with Crippen LogP contribution in [0.4, 0.5) is 26.3 Å². The maximum atomic E-state index is 12.8. The minimum Gasteiger partial charge on any atom is -0.478 e. The average Bonchev–Trinajstić information content (AvgIpc) is 2.24. The Balaban J connectivity index is 3.75. The molecule has 0 spiro atoms. The van der Waals surface area contributed by atoms with Gasteiger partial charge in [-0.15, -0.1) is 0 Å². The summed E-state index contributed by atoms with van der Waals surface area (Å²) in [4.78, 5) is 10.7. The standard InChI is InChI=1S/C11H8F6O2/c1-2-5-7(10(12,13)14)4-3-6(9(18)19)8(5)11(15,16)17/h3-4H,2H2,1H3,(H,18,19). The normalized spacial score (nSPS) is 12.6. The Labute approximate surface area is 103 Å². The molecule has 0 saturated carbocycles. The molecule has 0 bridgehead atoms. The quantitative estimate of drug-likeness (QED) is 0.835.